The van der Waals surface area contributed by atoms with E-state index in [1.165, 1.54) is 9.13 Å². The van der Waals surface area contributed by atoms with E-state index < -0.39 is 41.7 Å². The largest absolute Gasteiger partial charge is 0.444 e. The molecule has 3 atom stereocenters. The first-order chi connectivity index (χ1) is 18.3. The van der Waals surface area contributed by atoms with Crippen LogP contribution in [-0.4, -0.2) is 57.3 Å². The van der Waals surface area contributed by atoms with Crippen molar-refractivity contribution in [1.29, 1.82) is 0 Å². The molecule has 12 heteroatoms. The number of aryl methyl sites for hydroxylation is 1. The molecular weight excluding hydrogens is 506 g/mol. The zero-order valence-electron chi connectivity index (χ0n) is 22.8. The van der Waals surface area contributed by atoms with Gasteiger partial charge < -0.3 is 20.5 Å². The van der Waals surface area contributed by atoms with Crippen molar-refractivity contribution in [2.45, 2.75) is 77.2 Å². The first kappa shape index (κ1) is 29.4. The summed E-state index contributed by atoms with van der Waals surface area (Å²) in [4.78, 5) is 60.3. The van der Waals surface area contributed by atoms with Gasteiger partial charge in [-0.05, 0) is 58.7 Å². The molecule has 1 aliphatic heterocycles. The Balaban J connectivity index is 1.70. The number of nitrogens with zero attached hydrogens (tertiary/aromatic N) is 2. The molecule has 1 saturated heterocycles. The van der Waals surface area contributed by atoms with E-state index in [-0.39, 0.29) is 43.9 Å². The van der Waals surface area contributed by atoms with Crippen LogP contribution in [0.5, 0.6) is 0 Å². The zero-order chi connectivity index (χ0) is 28.9. The predicted molar refractivity (Wildman–Crippen MR) is 142 cm³/mol. The molecule has 2 heterocycles. The molecule has 1 aliphatic rings. The molecule has 0 spiro atoms. The Hall–Kier alpha value is -4.11. The van der Waals surface area contributed by atoms with Gasteiger partial charge in [0.15, 0.2) is 0 Å². The Morgan fingerprint density at radius 1 is 1.23 bits per heavy atom. The SMILES string of the molecule is C[C@@H](OCC#Cc1ccc2c(c1)n(C)c(=O)n2C1CCC(=O)NC1=O)[C@H](CCC(N)=O)NC(=O)OC(C)(C)C. The van der Waals surface area contributed by atoms with Crippen LogP contribution >= 0.6 is 0 Å². The number of imidazole rings is 1. The first-order valence-corrected chi connectivity index (χ1v) is 12.7. The van der Waals surface area contributed by atoms with E-state index in [0.717, 1.165) is 0 Å². The summed E-state index contributed by atoms with van der Waals surface area (Å²) in [6.45, 7) is 7.04. The summed E-state index contributed by atoms with van der Waals surface area (Å²) in [5.74, 6) is 4.58. The van der Waals surface area contributed by atoms with Gasteiger partial charge >= 0.3 is 11.8 Å². The third-order valence-electron chi connectivity index (χ3n) is 6.23. The molecule has 1 aromatic carbocycles. The molecule has 1 aromatic heterocycles. The summed E-state index contributed by atoms with van der Waals surface area (Å²) in [5, 5.41) is 5.02. The van der Waals surface area contributed by atoms with Gasteiger partial charge in [-0.1, -0.05) is 11.8 Å². The van der Waals surface area contributed by atoms with Crippen LogP contribution in [0.25, 0.3) is 11.0 Å². The molecule has 4 amide bonds. The number of amides is 4. The zero-order valence-corrected chi connectivity index (χ0v) is 22.8. The third-order valence-corrected chi connectivity index (χ3v) is 6.23. The van der Waals surface area contributed by atoms with Gasteiger partial charge in [0.2, 0.25) is 17.7 Å². The van der Waals surface area contributed by atoms with Gasteiger partial charge in [0.1, 0.15) is 18.2 Å². The van der Waals surface area contributed by atoms with Crippen LogP contribution in [0.4, 0.5) is 4.79 Å². The van der Waals surface area contributed by atoms with Crippen molar-refractivity contribution in [1.82, 2.24) is 19.8 Å². The number of hydrogen-bond acceptors (Lipinski definition) is 7. The van der Waals surface area contributed by atoms with Crippen molar-refractivity contribution in [3.63, 3.8) is 0 Å². The molecule has 210 valence electrons. The minimum absolute atomic E-state index is 0.0402. The fraction of sp³-hybridized carbons (Fsp3) is 0.519. The highest BCUT2D eigenvalue weighted by atomic mass is 16.6. The maximum Gasteiger partial charge on any atom is 0.407 e. The lowest BCUT2D eigenvalue weighted by Crippen LogP contribution is -2.45. The number of benzene rings is 1. The molecule has 4 N–H and O–H groups in total. The third kappa shape index (κ3) is 7.70. The Morgan fingerprint density at radius 3 is 2.59 bits per heavy atom. The molecule has 12 nitrogen and oxygen atoms in total. The van der Waals surface area contributed by atoms with Crippen molar-refractivity contribution in [2.24, 2.45) is 12.8 Å². The topological polar surface area (TPSA) is 164 Å². The normalized spacial score (nSPS) is 17.1. The average molecular weight is 542 g/mol. The number of aromatic nitrogens is 2. The van der Waals surface area contributed by atoms with Crippen molar-refractivity contribution < 1.29 is 28.7 Å². The lowest BCUT2D eigenvalue weighted by atomic mass is 10.1. The number of nitrogens with one attached hydrogen (secondary N) is 2. The summed E-state index contributed by atoms with van der Waals surface area (Å²) in [5.41, 5.74) is 6.03. The maximum absolute atomic E-state index is 12.9. The van der Waals surface area contributed by atoms with Crippen LogP contribution in [0.15, 0.2) is 23.0 Å². The summed E-state index contributed by atoms with van der Waals surface area (Å²) in [7, 11) is 1.61. The number of carbonyl (C=O) groups excluding carboxylic acids is 4. The number of carbonyl (C=O) groups is 4. The van der Waals surface area contributed by atoms with E-state index in [1.54, 1.807) is 52.9 Å². The van der Waals surface area contributed by atoms with Gasteiger partial charge in [-0.25, -0.2) is 9.59 Å². The van der Waals surface area contributed by atoms with Gasteiger partial charge in [0.25, 0.3) is 0 Å². The van der Waals surface area contributed by atoms with Crippen LogP contribution in [0.2, 0.25) is 0 Å². The Kier molecular flexibility index (Phi) is 9.19. The number of nitrogens with two attached hydrogens (primary N) is 1. The molecule has 0 radical (unpaired) electrons. The lowest BCUT2D eigenvalue weighted by molar-refractivity contribution is -0.135. The quantitative estimate of drug-likeness (QED) is 0.334. The minimum Gasteiger partial charge on any atom is -0.444 e. The highest BCUT2D eigenvalue weighted by molar-refractivity contribution is 6.00. The maximum atomic E-state index is 12.9. The number of primary amides is 1. The molecule has 39 heavy (non-hydrogen) atoms. The molecule has 3 rings (SSSR count). The van der Waals surface area contributed by atoms with E-state index >= 15 is 0 Å². The highest BCUT2D eigenvalue weighted by Gasteiger charge is 2.31. The summed E-state index contributed by atoms with van der Waals surface area (Å²) in [6.07, 6.45) is -0.351. The predicted octanol–water partition coefficient (Wildman–Crippen LogP) is 1.23. The molecule has 0 saturated carbocycles. The summed E-state index contributed by atoms with van der Waals surface area (Å²) < 4.78 is 13.9. The fourth-order valence-electron chi connectivity index (χ4n) is 4.28. The number of rotatable bonds is 8. The Morgan fingerprint density at radius 2 is 1.95 bits per heavy atom. The van der Waals surface area contributed by atoms with Crippen LogP contribution in [0.3, 0.4) is 0 Å². The van der Waals surface area contributed by atoms with E-state index in [1.807, 2.05) is 0 Å². The van der Waals surface area contributed by atoms with E-state index in [0.29, 0.717) is 16.6 Å². The second-order valence-electron chi connectivity index (χ2n) is 10.5. The van der Waals surface area contributed by atoms with Crippen molar-refractivity contribution in [2.75, 3.05) is 6.61 Å². The summed E-state index contributed by atoms with van der Waals surface area (Å²) in [6, 6.07) is 3.92. The molecule has 0 aliphatic carbocycles. The van der Waals surface area contributed by atoms with E-state index in [9.17, 15) is 24.0 Å². The van der Waals surface area contributed by atoms with Crippen molar-refractivity contribution in [3.8, 4) is 11.8 Å². The van der Waals surface area contributed by atoms with Crippen molar-refractivity contribution >= 4 is 34.8 Å². The lowest BCUT2D eigenvalue weighted by Gasteiger charge is -2.27. The summed E-state index contributed by atoms with van der Waals surface area (Å²) >= 11 is 0. The van der Waals surface area contributed by atoms with E-state index in [2.05, 4.69) is 22.5 Å². The molecular formula is C27H35N5O7. The number of ether oxygens (including phenoxy) is 2. The minimum atomic E-state index is -0.762. The number of piperidine rings is 1. The van der Waals surface area contributed by atoms with Gasteiger partial charge in [0.05, 0.1) is 23.2 Å². The van der Waals surface area contributed by atoms with Crippen LogP contribution < -0.4 is 22.1 Å². The van der Waals surface area contributed by atoms with Gasteiger partial charge in [0, 0.05) is 25.5 Å². The number of hydrogen-bond donors (Lipinski definition) is 3. The second kappa shape index (κ2) is 12.2. The molecule has 1 fully saturated rings. The molecule has 2 aromatic rings. The molecule has 1 unspecified atom stereocenters. The van der Waals surface area contributed by atoms with Gasteiger partial charge in [-0.15, -0.1) is 0 Å². The number of imide groups is 1. The fourth-order valence-corrected chi connectivity index (χ4v) is 4.28. The van der Waals surface area contributed by atoms with Gasteiger partial charge in [-0.3, -0.25) is 28.8 Å². The average Bonchev–Trinajstić information content (AvgIpc) is 3.07. The first-order valence-electron chi connectivity index (χ1n) is 12.7. The molecule has 0 bridgehead atoms. The van der Waals surface area contributed by atoms with Crippen molar-refractivity contribution in [3.05, 3.63) is 34.2 Å². The monoisotopic (exact) mass is 541 g/mol. The highest BCUT2D eigenvalue weighted by Crippen LogP contribution is 2.23. The van der Waals surface area contributed by atoms with Crippen LogP contribution in [0.1, 0.15) is 65.0 Å². The van der Waals surface area contributed by atoms with E-state index in [4.69, 9.17) is 15.2 Å². The van der Waals surface area contributed by atoms with Gasteiger partial charge in [-0.2, -0.15) is 0 Å². The second-order valence-corrected chi connectivity index (χ2v) is 10.5. The Bertz CT molecular complexity index is 1390. The van der Waals surface area contributed by atoms with Crippen LogP contribution in [-0.2, 0) is 30.9 Å². The Labute approximate surface area is 226 Å². The standard InChI is InChI=1S/C27H35N5O7/c1-16(18(9-12-22(28)33)29-25(36)39-27(2,3)4)38-14-6-7-17-8-10-19-21(15-17)31(5)26(37)32(19)20-11-13-23(34)30-24(20)35/h8,10,15-16,18,20H,9,11-14H2,1-5H3,(H2,28,33)(H,29,36)(H,30,34,35)/t16-,18+,20?/m1/s1. The number of fused-ring (bicyclic) bond motifs is 1. The number of alkyl carbamates (subject to hydrolysis) is 1. The van der Waals surface area contributed by atoms with Crippen LogP contribution in [0, 0.1) is 11.8 Å². The smallest absolute Gasteiger partial charge is 0.407 e.